The molecule has 102 valence electrons. The van der Waals surface area contributed by atoms with Crippen LogP contribution in [0.15, 0.2) is 30.3 Å². The predicted octanol–water partition coefficient (Wildman–Crippen LogP) is 2.85. The van der Waals surface area contributed by atoms with E-state index in [-0.39, 0.29) is 11.9 Å². The molecule has 1 aromatic carbocycles. The highest BCUT2D eigenvalue weighted by Gasteiger charge is 2.11. The molecule has 0 amide bonds. The molecule has 1 aromatic heterocycles. The minimum absolute atomic E-state index is 0.171. The van der Waals surface area contributed by atoms with Crippen LogP contribution < -0.4 is 5.73 Å². The zero-order valence-corrected chi connectivity index (χ0v) is 11.4. The van der Waals surface area contributed by atoms with Crippen LogP contribution in [0.3, 0.4) is 0 Å². The fourth-order valence-corrected chi connectivity index (χ4v) is 2.13. The van der Waals surface area contributed by atoms with Gasteiger partial charge in [0.25, 0.3) is 0 Å². The van der Waals surface area contributed by atoms with E-state index in [1.165, 1.54) is 17.8 Å². The maximum Gasteiger partial charge on any atom is 0.123 e. The molecule has 0 bridgehead atoms. The summed E-state index contributed by atoms with van der Waals surface area (Å²) in [7, 11) is 0. The Labute approximate surface area is 113 Å². The van der Waals surface area contributed by atoms with Gasteiger partial charge in [0.2, 0.25) is 0 Å². The number of rotatable bonds is 5. The number of halogens is 1. The van der Waals surface area contributed by atoms with Gasteiger partial charge in [-0.25, -0.2) is 4.39 Å². The maximum absolute atomic E-state index is 12.9. The molecular formula is C15H20FN3. The highest BCUT2D eigenvalue weighted by Crippen LogP contribution is 2.15. The molecule has 0 fully saturated rings. The van der Waals surface area contributed by atoms with E-state index in [9.17, 15) is 4.39 Å². The summed E-state index contributed by atoms with van der Waals surface area (Å²) in [6.07, 6.45) is 1.86. The van der Waals surface area contributed by atoms with Gasteiger partial charge in [-0.05, 0) is 36.6 Å². The van der Waals surface area contributed by atoms with Gasteiger partial charge in [0, 0.05) is 11.7 Å². The van der Waals surface area contributed by atoms with Gasteiger partial charge in [-0.3, -0.25) is 4.68 Å². The average molecular weight is 261 g/mol. The van der Waals surface area contributed by atoms with Crippen LogP contribution in [0.1, 0.15) is 36.8 Å². The predicted molar refractivity (Wildman–Crippen MR) is 74.3 cm³/mol. The van der Waals surface area contributed by atoms with Crippen molar-refractivity contribution in [1.82, 2.24) is 9.78 Å². The number of aromatic nitrogens is 2. The van der Waals surface area contributed by atoms with Crippen molar-refractivity contribution in [2.45, 2.75) is 39.3 Å². The molecule has 0 radical (unpaired) electrons. The molecular weight excluding hydrogens is 241 g/mol. The number of hydrogen-bond acceptors (Lipinski definition) is 2. The second-order valence-electron chi connectivity index (χ2n) is 4.67. The van der Waals surface area contributed by atoms with Gasteiger partial charge < -0.3 is 5.73 Å². The molecule has 1 unspecified atom stereocenters. The summed E-state index contributed by atoms with van der Waals surface area (Å²) in [6, 6.07) is 8.30. The van der Waals surface area contributed by atoms with Crippen LogP contribution in [0.25, 0.3) is 0 Å². The lowest BCUT2D eigenvalue weighted by atomic mass is 10.1. The molecule has 0 aliphatic heterocycles. The van der Waals surface area contributed by atoms with E-state index in [0.717, 1.165) is 24.1 Å². The fraction of sp³-hybridized carbons (Fsp3) is 0.400. The van der Waals surface area contributed by atoms with Crippen molar-refractivity contribution in [2.24, 2.45) is 5.73 Å². The summed E-state index contributed by atoms with van der Waals surface area (Å²) in [4.78, 5) is 0. The number of aryl methyl sites for hydroxylation is 2. The van der Waals surface area contributed by atoms with Crippen LogP contribution >= 0.6 is 0 Å². The minimum Gasteiger partial charge on any atom is -0.322 e. The first-order valence-corrected chi connectivity index (χ1v) is 6.70. The molecule has 0 aliphatic rings. The molecule has 2 N–H and O–H groups in total. The highest BCUT2D eigenvalue weighted by molar-refractivity contribution is 5.20. The van der Waals surface area contributed by atoms with E-state index in [0.29, 0.717) is 6.54 Å². The van der Waals surface area contributed by atoms with Gasteiger partial charge in [-0.2, -0.15) is 5.10 Å². The van der Waals surface area contributed by atoms with Crippen molar-refractivity contribution in [3.8, 4) is 0 Å². The zero-order valence-electron chi connectivity index (χ0n) is 11.4. The number of hydrogen-bond donors (Lipinski definition) is 1. The molecule has 2 rings (SSSR count). The van der Waals surface area contributed by atoms with Crippen molar-refractivity contribution in [1.29, 1.82) is 0 Å². The highest BCUT2D eigenvalue weighted by atomic mass is 19.1. The van der Waals surface area contributed by atoms with E-state index in [1.54, 1.807) is 12.1 Å². The lowest BCUT2D eigenvalue weighted by molar-refractivity contribution is 0.506. The number of nitrogens with two attached hydrogens (primary N) is 1. The Bertz CT molecular complexity index is 531. The molecule has 1 atom stereocenters. The standard InChI is InChI=1S/C15H20FN3/c1-3-13-9-14(4-2)19(18-13)10-15(17)11-5-7-12(16)8-6-11/h5-9,15H,3-4,10,17H2,1-2H3. The van der Waals surface area contributed by atoms with Gasteiger partial charge in [0.15, 0.2) is 0 Å². The summed E-state index contributed by atoms with van der Waals surface area (Å²) in [5, 5.41) is 4.55. The van der Waals surface area contributed by atoms with Crippen LogP contribution in [0.4, 0.5) is 4.39 Å². The summed E-state index contributed by atoms with van der Waals surface area (Å²) in [5.74, 6) is -0.238. The number of benzene rings is 1. The normalized spacial score (nSPS) is 12.6. The van der Waals surface area contributed by atoms with Crippen LogP contribution in [0.2, 0.25) is 0 Å². The van der Waals surface area contributed by atoms with Gasteiger partial charge in [-0.1, -0.05) is 26.0 Å². The Morgan fingerprint density at radius 2 is 1.89 bits per heavy atom. The van der Waals surface area contributed by atoms with Gasteiger partial charge in [0.05, 0.1) is 12.2 Å². The smallest absolute Gasteiger partial charge is 0.123 e. The molecule has 19 heavy (non-hydrogen) atoms. The summed E-state index contributed by atoms with van der Waals surface area (Å²) in [5.41, 5.74) is 9.37. The molecule has 0 saturated carbocycles. The van der Waals surface area contributed by atoms with Crippen molar-refractivity contribution in [3.05, 3.63) is 53.1 Å². The zero-order chi connectivity index (χ0) is 13.8. The first-order valence-electron chi connectivity index (χ1n) is 6.70. The van der Waals surface area contributed by atoms with Crippen LogP contribution in [0.5, 0.6) is 0 Å². The van der Waals surface area contributed by atoms with Crippen molar-refractivity contribution in [3.63, 3.8) is 0 Å². The quantitative estimate of drug-likeness (QED) is 0.899. The molecule has 3 nitrogen and oxygen atoms in total. The Morgan fingerprint density at radius 3 is 2.47 bits per heavy atom. The van der Waals surface area contributed by atoms with E-state index in [1.807, 2.05) is 4.68 Å². The molecule has 4 heteroatoms. The first kappa shape index (κ1) is 13.7. The van der Waals surface area contributed by atoms with Gasteiger partial charge in [-0.15, -0.1) is 0 Å². The topological polar surface area (TPSA) is 43.8 Å². The van der Waals surface area contributed by atoms with Crippen molar-refractivity contribution < 1.29 is 4.39 Å². The minimum atomic E-state index is -0.238. The van der Waals surface area contributed by atoms with Gasteiger partial charge >= 0.3 is 0 Å². The Hall–Kier alpha value is -1.68. The molecule has 0 spiro atoms. The molecule has 0 saturated heterocycles. The maximum atomic E-state index is 12.9. The van der Waals surface area contributed by atoms with Crippen LogP contribution in [0, 0.1) is 5.82 Å². The third-order valence-electron chi connectivity index (χ3n) is 3.31. The SMILES string of the molecule is CCc1cc(CC)n(CC(N)c2ccc(F)cc2)n1. The lowest BCUT2D eigenvalue weighted by Gasteiger charge is -2.14. The van der Waals surface area contributed by atoms with Crippen LogP contribution in [-0.2, 0) is 19.4 Å². The first-order chi connectivity index (χ1) is 9.13. The van der Waals surface area contributed by atoms with Crippen molar-refractivity contribution >= 4 is 0 Å². The molecule has 0 aliphatic carbocycles. The summed E-state index contributed by atoms with van der Waals surface area (Å²) < 4.78 is 14.9. The van der Waals surface area contributed by atoms with Crippen LogP contribution in [-0.4, -0.2) is 9.78 Å². The second kappa shape index (κ2) is 5.97. The van der Waals surface area contributed by atoms with Crippen molar-refractivity contribution in [2.75, 3.05) is 0 Å². The second-order valence-corrected chi connectivity index (χ2v) is 4.67. The number of nitrogens with zero attached hydrogens (tertiary/aromatic N) is 2. The van der Waals surface area contributed by atoms with E-state index in [2.05, 4.69) is 25.0 Å². The Kier molecular flexibility index (Phi) is 4.32. The fourth-order valence-electron chi connectivity index (χ4n) is 2.13. The Morgan fingerprint density at radius 1 is 1.21 bits per heavy atom. The summed E-state index contributed by atoms with van der Waals surface area (Å²) >= 11 is 0. The van der Waals surface area contributed by atoms with E-state index in [4.69, 9.17) is 5.73 Å². The Balaban J connectivity index is 2.15. The van der Waals surface area contributed by atoms with E-state index < -0.39 is 0 Å². The van der Waals surface area contributed by atoms with E-state index >= 15 is 0 Å². The average Bonchev–Trinajstić information content (AvgIpc) is 2.81. The van der Waals surface area contributed by atoms with Gasteiger partial charge in [0.1, 0.15) is 5.82 Å². The summed E-state index contributed by atoms with van der Waals surface area (Å²) in [6.45, 7) is 4.82. The third-order valence-corrected chi connectivity index (χ3v) is 3.31. The monoisotopic (exact) mass is 261 g/mol. The largest absolute Gasteiger partial charge is 0.322 e. The lowest BCUT2D eigenvalue weighted by Crippen LogP contribution is -2.19. The molecule has 2 aromatic rings. The third kappa shape index (κ3) is 3.20. The molecule has 1 heterocycles.